The molecule has 0 aliphatic rings. The molecule has 0 atom stereocenters. The first-order valence-corrected chi connectivity index (χ1v) is 3.47. The van der Waals surface area contributed by atoms with Gasteiger partial charge in [0.2, 0.25) is 0 Å². The van der Waals surface area contributed by atoms with Crippen molar-refractivity contribution in [3.8, 4) is 0 Å². The highest BCUT2D eigenvalue weighted by atomic mass is 79.9. The highest BCUT2D eigenvalue weighted by Crippen LogP contribution is 2.05. The molecule has 0 aliphatic heterocycles. The molecule has 58 valence electrons. The van der Waals surface area contributed by atoms with Crippen LogP contribution in [-0.2, 0) is 0 Å². The molecule has 0 unspecified atom stereocenters. The molecule has 0 saturated heterocycles. The number of hydrogen-bond acceptors (Lipinski definition) is 1. The summed E-state index contributed by atoms with van der Waals surface area (Å²) in [5.74, 6) is 0. The molecule has 0 amide bonds. The van der Waals surface area contributed by atoms with Gasteiger partial charge in [-0.25, -0.2) is 0 Å². The Kier molecular flexibility index (Phi) is 11.3. The van der Waals surface area contributed by atoms with Gasteiger partial charge in [0.1, 0.15) is 0 Å². The number of nitrogens with two attached hydrogens (primary N) is 1. The van der Waals surface area contributed by atoms with E-state index in [1.807, 2.05) is 30.3 Å². The molecule has 0 fully saturated rings. The van der Waals surface area contributed by atoms with E-state index in [1.54, 1.807) is 0 Å². The van der Waals surface area contributed by atoms with Crippen molar-refractivity contribution in [2.24, 2.45) is 5.73 Å². The highest BCUT2D eigenvalue weighted by molar-refractivity contribution is 9.10. The molecule has 0 saturated carbocycles. The third-order valence-corrected chi connectivity index (χ3v) is 1.26. The van der Waals surface area contributed by atoms with Gasteiger partial charge in [-0.05, 0) is 19.2 Å². The van der Waals surface area contributed by atoms with Gasteiger partial charge in [-0.1, -0.05) is 34.1 Å². The molecule has 0 aromatic heterocycles. The van der Waals surface area contributed by atoms with E-state index in [0.717, 1.165) is 4.47 Å². The van der Waals surface area contributed by atoms with Crippen LogP contribution in [0.2, 0.25) is 0 Å². The maximum absolute atomic E-state index is 4.50. The Bertz CT molecular complexity index is 144. The molecule has 3 heteroatoms. The molecule has 1 aromatic carbocycles. The first-order valence-electron chi connectivity index (χ1n) is 2.68. The summed E-state index contributed by atoms with van der Waals surface area (Å²) in [7, 11) is 1.50. The fourth-order valence-corrected chi connectivity index (χ4v) is 0.720. The predicted molar refractivity (Wildman–Crippen MR) is 51.5 cm³/mol. The molecule has 0 bridgehead atoms. The zero-order valence-corrected chi connectivity index (χ0v) is 8.15. The number of halogens is 2. The summed E-state index contributed by atoms with van der Waals surface area (Å²) in [6, 6.07) is 9.97. The van der Waals surface area contributed by atoms with Crippen molar-refractivity contribution in [1.29, 1.82) is 0 Å². The minimum atomic E-state index is 0. The molecular formula is C7H11BrClN. The fourth-order valence-electron chi connectivity index (χ4n) is 0.415. The van der Waals surface area contributed by atoms with Crippen molar-refractivity contribution in [3.63, 3.8) is 0 Å². The molecule has 0 heterocycles. The van der Waals surface area contributed by atoms with Gasteiger partial charge < -0.3 is 5.73 Å². The van der Waals surface area contributed by atoms with E-state index in [9.17, 15) is 0 Å². The van der Waals surface area contributed by atoms with Crippen molar-refractivity contribution in [3.05, 3.63) is 34.8 Å². The minimum Gasteiger partial charge on any atom is -0.333 e. The second-order valence-electron chi connectivity index (χ2n) is 1.30. The molecule has 10 heavy (non-hydrogen) atoms. The van der Waals surface area contributed by atoms with Crippen LogP contribution in [0.4, 0.5) is 0 Å². The van der Waals surface area contributed by atoms with E-state index in [0.29, 0.717) is 0 Å². The van der Waals surface area contributed by atoms with Gasteiger partial charge in [-0.3, -0.25) is 0 Å². The molecule has 1 rings (SSSR count). The lowest BCUT2D eigenvalue weighted by molar-refractivity contribution is 1.48. The van der Waals surface area contributed by atoms with Crippen LogP contribution in [0.25, 0.3) is 0 Å². The molecule has 1 aromatic rings. The van der Waals surface area contributed by atoms with Gasteiger partial charge in [0.15, 0.2) is 0 Å². The Morgan fingerprint density at radius 3 is 1.70 bits per heavy atom. The number of rotatable bonds is 0. The Morgan fingerprint density at radius 2 is 1.50 bits per heavy atom. The summed E-state index contributed by atoms with van der Waals surface area (Å²) in [5, 5.41) is 0. The van der Waals surface area contributed by atoms with E-state index < -0.39 is 0 Å². The van der Waals surface area contributed by atoms with E-state index >= 15 is 0 Å². The topological polar surface area (TPSA) is 26.0 Å². The highest BCUT2D eigenvalue weighted by Gasteiger charge is 1.74. The van der Waals surface area contributed by atoms with Gasteiger partial charge in [0.05, 0.1) is 0 Å². The van der Waals surface area contributed by atoms with Gasteiger partial charge in [-0.2, -0.15) is 0 Å². The van der Waals surface area contributed by atoms with Gasteiger partial charge in [0, 0.05) is 4.47 Å². The van der Waals surface area contributed by atoms with Gasteiger partial charge >= 0.3 is 0 Å². The summed E-state index contributed by atoms with van der Waals surface area (Å²) in [4.78, 5) is 0. The Hall–Kier alpha value is -0.0500. The lowest BCUT2D eigenvalue weighted by Crippen LogP contribution is -1.69. The van der Waals surface area contributed by atoms with Gasteiger partial charge in [-0.15, -0.1) is 12.4 Å². The summed E-state index contributed by atoms with van der Waals surface area (Å²) >= 11 is 3.31. The number of benzene rings is 1. The SMILES string of the molecule is Brc1ccccc1.CN.Cl. The van der Waals surface area contributed by atoms with Crippen molar-refractivity contribution >= 4 is 28.3 Å². The third-order valence-electron chi connectivity index (χ3n) is 0.733. The van der Waals surface area contributed by atoms with Crippen LogP contribution in [0, 0.1) is 0 Å². The fraction of sp³-hybridized carbons (Fsp3) is 0.143. The largest absolute Gasteiger partial charge is 0.333 e. The van der Waals surface area contributed by atoms with E-state index in [-0.39, 0.29) is 12.4 Å². The van der Waals surface area contributed by atoms with Crippen LogP contribution >= 0.6 is 28.3 Å². The minimum absolute atomic E-state index is 0. The van der Waals surface area contributed by atoms with E-state index in [1.165, 1.54) is 7.05 Å². The second kappa shape index (κ2) is 8.95. The average Bonchev–Trinajstić information content (AvgIpc) is 1.94. The predicted octanol–water partition coefficient (Wildman–Crippen LogP) is 2.45. The van der Waals surface area contributed by atoms with Crippen molar-refractivity contribution < 1.29 is 0 Å². The van der Waals surface area contributed by atoms with Crippen molar-refractivity contribution in [2.75, 3.05) is 7.05 Å². The normalized spacial score (nSPS) is 6.70. The maximum atomic E-state index is 4.50. The lowest BCUT2D eigenvalue weighted by Gasteiger charge is -1.80. The van der Waals surface area contributed by atoms with Crippen LogP contribution in [0.15, 0.2) is 34.8 Å². The maximum Gasteiger partial charge on any atom is 0.0175 e. The number of hydrogen-bond donors (Lipinski definition) is 1. The standard InChI is InChI=1S/C6H5Br.CH5N.ClH/c7-6-4-2-1-3-5-6;1-2;/h1-5H;2H2,1H3;1H. The Labute approximate surface area is 76.2 Å². The summed E-state index contributed by atoms with van der Waals surface area (Å²) < 4.78 is 1.13. The molecule has 0 radical (unpaired) electrons. The average molecular weight is 225 g/mol. The molecule has 0 spiro atoms. The zero-order chi connectivity index (χ0) is 7.11. The summed E-state index contributed by atoms with van der Waals surface area (Å²) in [6.07, 6.45) is 0. The smallest absolute Gasteiger partial charge is 0.0175 e. The Morgan fingerprint density at radius 1 is 1.10 bits per heavy atom. The van der Waals surface area contributed by atoms with E-state index in [2.05, 4.69) is 21.7 Å². The van der Waals surface area contributed by atoms with Crippen LogP contribution < -0.4 is 5.73 Å². The van der Waals surface area contributed by atoms with Gasteiger partial charge in [0.25, 0.3) is 0 Å². The van der Waals surface area contributed by atoms with Crippen LogP contribution in [-0.4, -0.2) is 7.05 Å². The second-order valence-corrected chi connectivity index (χ2v) is 2.21. The third kappa shape index (κ3) is 6.08. The van der Waals surface area contributed by atoms with Crippen LogP contribution in [0.1, 0.15) is 0 Å². The summed E-state index contributed by atoms with van der Waals surface area (Å²) in [5.41, 5.74) is 4.50. The van der Waals surface area contributed by atoms with Crippen molar-refractivity contribution in [1.82, 2.24) is 0 Å². The molecule has 1 nitrogen and oxygen atoms in total. The van der Waals surface area contributed by atoms with Crippen LogP contribution in [0.3, 0.4) is 0 Å². The van der Waals surface area contributed by atoms with Crippen molar-refractivity contribution in [2.45, 2.75) is 0 Å². The quantitative estimate of drug-likeness (QED) is 0.720. The molecule has 2 N–H and O–H groups in total. The lowest BCUT2D eigenvalue weighted by atomic mass is 10.4. The zero-order valence-electron chi connectivity index (χ0n) is 5.75. The first-order chi connectivity index (χ1) is 4.39. The monoisotopic (exact) mass is 223 g/mol. The van der Waals surface area contributed by atoms with E-state index in [4.69, 9.17) is 0 Å². The molecular weight excluding hydrogens is 213 g/mol. The molecule has 0 aliphatic carbocycles. The summed E-state index contributed by atoms with van der Waals surface area (Å²) in [6.45, 7) is 0. The first kappa shape index (κ1) is 12.6. The van der Waals surface area contributed by atoms with Crippen LogP contribution in [0.5, 0.6) is 0 Å². The Balaban J connectivity index is 0.